The maximum absolute atomic E-state index is 12.6. The van der Waals surface area contributed by atoms with Crippen molar-refractivity contribution >= 4 is 5.91 Å². The van der Waals surface area contributed by atoms with Gasteiger partial charge in [-0.2, -0.15) is 0 Å². The van der Waals surface area contributed by atoms with Crippen LogP contribution in [0.1, 0.15) is 50.5 Å². The first-order chi connectivity index (χ1) is 9.76. The van der Waals surface area contributed by atoms with Crippen LogP contribution in [-0.4, -0.2) is 18.5 Å². The topological polar surface area (TPSA) is 55.1 Å². The molecule has 1 aliphatic carbocycles. The highest BCUT2D eigenvalue weighted by atomic mass is 16.1. The summed E-state index contributed by atoms with van der Waals surface area (Å²) in [6, 6.07) is 10.4. The maximum atomic E-state index is 12.6. The molecule has 1 aromatic carbocycles. The van der Waals surface area contributed by atoms with E-state index >= 15 is 0 Å². The SMILES string of the molecule is CCCC(C(=O)NC1CCCC1CN)c1ccccc1. The second kappa shape index (κ2) is 7.44. The second-order valence-electron chi connectivity index (χ2n) is 5.79. The molecule has 1 saturated carbocycles. The number of nitrogens with one attached hydrogen (secondary N) is 1. The van der Waals surface area contributed by atoms with Crippen molar-refractivity contribution in [3.63, 3.8) is 0 Å². The van der Waals surface area contributed by atoms with E-state index in [4.69, 9.17) is 5.73 Å². The molecule has 0 heterocycles. The van der Waals surface area contributed by atoms with Gasteiger partial charge in [0.2, 0.25) is 5.91 Å². The number of hydrogen-bond acceptors (Lipinski definition) is 2. The fraction of sp³-hybridized carbons (Fsp3) is 0.588. The second-order valence-corrected chi connectivity index (χ2v) is 5.79. The fourth-order valence-corrected chi connectivity index (χ4v) is 3.22. The lowest BCUT2D eigenvalue weighted by molar-refractivity contribution is -0.123. The van der Waals surface area contributed by atoms with Gasteiger partial charge in [0.15, 0.2) is 0 Å². The molecule has 2 rings (SSSR count). The minimum atomic E-state index is -0.0276. The molecule has 1 amide bonds. The van der Waals surface area contributed by atoms with Gasteiger partial charge in [0.25, 0.3) is 0 Å². The number of benzene rings is 1. The Hall–Kier alpha value is -1.35. The Morgan fingerprint density at radius 3 is 2.75 bits per heavy atom. The smallest absolute Gasteiger partial charge is 0.227 e. The van der Waals surface area contributed by atoms with Crippen LogP contribution in [0.15, 0.2) is 30.3 Å². The Morgan fingerprint density at radius 1 is 1.35 bits per heavy atom. The van der Waals surface area contributed by atoms with Crippen LogP contribution in [0.25, 0.3) is 0 Å². The standard InChI is InChI=1S/C17H26N2O/c1-2-7-15(13-8-4-3-5-9-13)17(20)19-16-11-6-10-14(16)12-18/h3-5,8-9,14-16H,2,6-7,10-12,18H2,1H3,(H,19,20). The number of carbonyl (C=O) groups is 1. The Bertz CT molecular complexity index is 418. The number of carbonyl (C=O) groups excluding carboxylic acids is 1. The van der Waals surface area contributed by atoms with Gasteiger partial charge < -0.3 is 11.1 Å². The van der Waals surface area contributed by atoms with Crippen LogP contribution in [0.3, 0.4) is 0 Å². The number of amides is 1. The average molecular weight is 274 g/mol. The molecule has 3 atom stereocenters. The van der Waals surface area contributed by atoms with E-state index in [1.807, 2.05) is 18.2 Å². The molecule has 3 heteroatoms. The Labute approximate surface area is 121 Å². The van der Waals surface area contributed by atoms with E-state index in [1.165, 1.54) is 6.42 Å². The monoisotopic (exact) mass is 274 g/mol. The largest absolute Gasteiger partial charge is 0.353 e. The zero-order valence-electron chi connectivity index (χ0n) is 12.3. The zero-order chi connectivity index (χ0) is 14.4. The quantitative estimate of drug-likeness (QED) is 0.838. The van der Waals surface area contributed by atoms with Crippen LogP contribution in [0, 0.1) is 5.92 Å². The molecule has 3 nitrogen and oxygen atoms in total. The van der Waals surface area contributed by atoms with Gasteiger partial charge in [-0.3, -0.25) is 4.79 Å². The summed E-state index contributed by atoms with van der Waals surface area (Å²) >= 11 is 0. The predicted molar refractivity (Wildman–Crippen MR) is 82.4 cm³/mol. The Balaban J connectivity index is 2.04. The molecule has 3 N–H and O–H groups in total. The van der Waals surface area contributed by atoms with E-state index in [0.717, 1.165) is 31.2 Å². The summed E-state index contributed by atoms with van der Waals surface area (Å²) in [5, 5.41) is 3.24. The molecule has 0 radical (unpaired) electrons. The molecule has 0 aliphatic heterocycles. The van der Waals surface area contributed by atoms with Gasteiger partial charge in [-0.1, -0.05) is 50.1 Å². The van der Waals surface area contributed by atoms with E-state index in [1.54, 1.807) is 0 Å². The summed E-state index contributed by atoms with van der Waals surface area (Å²) in [4.78, 5) is 12.6. The van der Waals surface area contributed by atoms with Crippen molar-refractivity contribution in [1.29, 1.82) is 0 Å². The van der Waals surface area contributed by atoms with Crippen molar-refractivity contribution in [1.82, 2.24) is 5.32 Å². The number of nitrogens with two attached hydrogens (primary N) is 1. The predicted octanol–water partition coefficient (Wildman–Crippen LogP) is 2.81. The van der Waals surface area contributed by atoms with E-state index < -0.39 is 0 Å². The molecular formula is C17H26N2O. The van der Waals surface area contributed by atoms with E-state index in [-0.39, 0.29) is 17.9 Å². The van der Waals surface area contributed by atoms with Crippen LogP contribution < -0.4 is 11.1 Å². The zero-order valence-corrected chi connectivity index (χ0v) is 12.3. The van der Waals surface area contributed by atoms with Crippen molar-refractivity contribution in [2.75, 3.05) is 6.54 Å². The molecule has 1 fully saturated rings. The van der Waals surface area contributed by atoms with Crippen LogP contribution in [0.5, 0.6) is 0 Å². The molecule has 0 bridgehead atoms. The van der Waals surface area contributed by atoms with Crippen LogP contribution in [0.2, 0.25) is 0 Å². The first-order valence-electron chi connectivity index (χ1n) is 7.81. The molecule has 1 aromatic rings. The van der Waals surface area contributed by atoms with Gasteiger partial charge >= 0.3 is 0 Å². The Kier molecular flexibility index (Phi) is 5.60. The third kappa shape index (κ3) is 3.60. The van der Waals surface area contributed by atoms with Crippen LogP contribution in [0.4, 0.5) is 0 Å². The summed E-state index contributed by atoms with van der Waals surface area (Å²) in [6.07, 6.45) is 5.30. The molecular weight excluding hydrogens is 248 g/mol. The number of hydrogen-bond donors (Lipinski definition) is 2. The highest BCUT2D eigenvalue weighted by Gasteiger charge is 2.29. The number of rotatable bonds is 6. The lowest BCUT2D eigenvalue weighted by Crippen LogP contribution is -2.42. The highest BCUT2D eigenvalue weighted by Crippen LogP contribution is 2.27. The lowest BCUT2D eigenvalue weighted by Gasteiger charge is -2.23. The van der Waals surface area contributed by atoms with E-state index in [2.05, 4.69) is 24.4 Å². The van der Waals surface area contributed by atoms with Crippen molar-refractivity contribution in [2.45, 2.75) is 51.0 Å². The third-order valence-corrected chi connectivity index (χ3v) is 4.39. The summed E-state index contributed by atoms with van der Waals surface area (Å²) in [5.41, 5.74) is 6.91. The minimum absolute atomic E-state index is 0.0276. The van der Waals surface area contributed by atoms with Gasteiger partial charge in [-0.15, -0.1) is 0 Å². The molecule has 20 heavy (non-hydrogen) atoms. The van der Waals surface area contributed by atoms with Crippen molar-refractivity contribution in [2.24, 2.45) is 11.7 Å². The van der Waals surface area contributed by atoms with Gasteiger partial charge in [0, 0.05) is 6.04 Å². The fourth-order valence-electron chi connectivity index (χ4n) is 3.22. The van der Waals surface area contributed by atoms with Crippen molar-refractivity contribution in [3.8, 4) is 0 Å². The normalized spacial score (nSPS) is 23.5. The summed E-state index contributed by atoms with van der Waals surface area (Å²) in [7, 11) is 0. The Morgan fingerprint density at radius 2 is 2.10 bits per heavy atom. The third-order valence-electron chi connectivity index (χ3n) is 4.39. The summed E-state index contributed by atoms with van der Waals surface area (Å²) in [6.45, 7) is 2.80. The van der Waals surface area contributed by atoms with E-state index in [9.17, 15) is 4.79 Å². The summed E-state index contributed by atoms with van der Waals surface area (Å²) < 4.78 is 0. The maximum Gasteiger partial charge on any atom is 0.227 e. The van der Waals surface area contributed by atoms with E-state index in [0.29, 0.717) is 12.5 Å². The van der Waals surface area contributed by atoms with Crippen LogP contribution in [-0.2, 0) is 4.79 Å². The molecule has 0 aromatic heterocycles. The van der Waals surface area contributed by atoms with Crippen molar-refractivity contribution in [3.05, 3.63) is 35.9 Å². The average Bonchev–Trinajstić information content (AvgIpc) is 2.92. The molecule has 1 aliphatic rings. The first-order valence-corrected chi connectivity index (χ1v) is 7.81. The van der Waals surface area contributed by atoms with Gasteiger partial charge in [-0.25, -0.2) is 0 Å². The van der Waals surface area contributed by atoms with Crippen molar-refractivity contribution < 1.29 is 4.79 Å². The molecule has 0 spiro atoms. The lowest BCUT2D eigenvalue weighted by atomic mass is 9.92. The first kappa shape index (κ1) is 15.0. The summed E-state index contributed by atoms with van der Waals surface area (Å²) in [5.74, 6) is 0.598. The molecule has 110 valence electrons. The molecule has 0 saturated heterocycles. The van der Waals surface area contributed by atoms with Crippen LogP contribution >= 0.6 is 0 Å². The minimum Gasteiger partial charge on any atom is -0.353 e. The molecule has 3 unspecified atom stereocenters. The van der Waals surface area contributed by atoms with Gasteiger partial charge in [0.05, 0.1) is 5.92 Å². The highest BCUT2D eigenvalue weighted by molar-refractivity contribution is 5.83. The van der Waals surface area contributed by atoms with Gasteiger partial charge in [0.1, 0.15) is 0 Å². The van der Waals surface area contributed by atoms with Gasteiger partial charge in [-0.05, 0) is 37.3 Å².